The molecule has 0 aromatic heterocycles. The third-order valence-electron chi connectivity index (χ3n) is 0.172. The average molecular weight is 268 g/mol. The standard InChI is InChI=1S/Na.H2O7S2.Zn.H/c;1-8(2,3)7-9(4,5)6;;/h;(H,1,2,3)(H,4,5,6);;/q+1;;;-1. The summed E-state index contributed by atoms with van der Waals surface area (Å²) in [4.78, 5) is 0. The first-order chi connectivity index (χ1) is 3.71. The Hall–Kier alpha value is 1.40. The molecule has 0 aliphatic rings. The van der Waals surface area contributed by atoms with E-state index in [1.807, 2.05) is 0 Å². The van der Waals surface area contributed by atoms with Crippen LogP contribution in [0.4, 0.5) is 0 Å². The van der Waals surface area contributed by atoms with Crippen molar-refractivity contribution in [1.29, 1.82) is 0 Å². The van der Waals surface area contributed by atoms with Crippen LogP contribution < -0.4 is 29.6 Å². The Morgan fingerprint density at radius 3 is 1.18 bits per heavy atom. The van der Waals surface area contributed by atoms with E-state index in [1.54, 1.807) is 0 Å². The molecule has 0 bridgehead atoms. The quantitative estimate of drug-likeness (QED) is 0.384. The van der Waals surface area contributed by atoms with Crippen molar-refractivity contribution in [3.63, 3.8) is 0 Å². The van der Waals surface area contributed by atoms with E-state index >= 15 is 0 Å². The average Bonchev–Trinajstić information content (AvgIpc) is 1.14. The molecular formula is H3NaO7S2Zn. The molecule has 0 amide bonds. The molecule has 0 aromatic carbocycles. The number of hydrogen-bond donors (Lipinski definition) is 2. The summed E-state index contributed by atoms with van der Waals surface area (Å²) in [5.41, 5.74) is 0. The molecule has 0 fully saturated rings. The molecular weight excluding hydrogens is 265 g/mol. The molecule has 0 unspecified atom stereocenters. The Kier molecular flexibility index (Phi) is 9.87. The second-order valence-electron chi connectivity index (χ2n) is 0.924. The van der Waals surface area contributed by atoms with Crippen LogP contribution in [-0.4, -0.2) is 25.9 Å². The van der Waals surface area contributed by atoms with E-state index in [9.17, 15) is 16.8 Å². The van der Waals surface area contributed by atoms with Gasteiger partial charge < -0.3 is 1.43 Å². The van der Waals surface area contributed by atoms with Crippen molar-refractivity contribution in [1.82, 2.24) is 0 Å². The summed E-state index contributed by atoms with van der Waals surface area (Å²) in [6.07, 6.45) is 0. The molecule has 0 aliphatic carbocycles. The van der Waals surface area contributed by atoms with Crippen LogP contribution in [0.3, 0.4) is 0 Å². The van der Waals surface area contributed by atoms with Gasteiger partial charge in [0, 0.05) is 19.5 Å². The van der Waals surface area contributed by atoms with E-state index in [0.717, 1.165) is 0 Å². The van der Waals surface area contributed by atoms with Crippen LogP contribution in [0.15, 0.2) is 0 Å². The zero-order valence-corrected chi connectivity index (χ0v) is 12.1. The maximum Gasteiger partial charge on any atom is 1.00 e. The zero-order chi connectivity index (χ0) is 7.71. The SMILES string of the molecule is O=S(=O)(O)OS(=O)(=O)O.[H-].[Na+].[Zn]. The molecule has 0 atom stereocenters. The fourth-order valence-electron chi connectivity index (χ4n) is 0.109. The van der Waals surface area contributed by atoms with Crippen molar-refractivity contribution >= 4 is 20.8 Å². The van der Waals surface area contributed by atoms with E-state index in [1.165, 1.54) is 0 Å². The van der Waals surface area contributed by atoms with Gasteiger partial charge >= 0.3 is 50.4 Å². The zero-order valence-electron chi connectivity index (χ0n) is 6.46. The van der Waals surface area contributed by atoms with Gasteiger partial charge in [-0.25, -0.2) is 0 Å². The normalized spacial score (nSPS) is 11.1. The van der Waals surface area contributed by atoms with Gasteiger partial charge in [0.1, 0.15) is 0 Å². The minimum atomic E-state index is -5.12. The molecule has 0 heterocycles. The maximum absolute atomic E-state index is 9.44. The Bertz CT molecular complexity index is 247. The Morgan fingerprint density at radius 1 is 1.00 bits per heavy atom. The summed E-state index contributed by atoms with van der Waals surface area (Å²) in [5.74, 6) is 0. The van der Waals surface area contributed by atoms with Gasteiger partial charge in [-0.3, -0.25) is 9.11 Å². The summed E-state index contributed by atoms with van der Waals surface area (Å²) in [6, 6.07) is 0. The summed E-state index contributed by atoms with van der Waals surface area (Å²) < 4.78 is 55.6. The van der Waals surface area contributed by atoms with Crippen molar-refractivity contribution in [2.24, 2.45) is 0 Å². The van der Waals surface area contributed by atoms with Crippen LogP contribution in [0, 0.1) is 0 Å². The molecule has 0 radical (unpaired) electrons. The second-order valence-corrected chi connectivity index (χ2v) is 3.18. The van der Waals surface area contributed by atoms with E-state index in [-0.39, 0.29) is 50.5 Å². The first-order valence-corrected chi connectivity index (χ1v) is 4.10. The smallest absolute Gasteiger partial charge is 1.00 e. The van der Waals surface area contributed by atoms with Crippen molar-refractivity contribution in [3.05, 3.63) is 0 Å². The molecule has 2 N–H and O–H groups in total. The van der Waals surface area contributed by atoms with E-state index in [2.05, 4.69) is 3.63 Å². The Balaban J connectivity index is -0.000000107. The maximum atomic E-state index is 9.44. The summed E-state index contributed by atoms with van der Waals surface area (Å²) in [7, 11) is -10.2. The predicted molar refractivity (Wildman–Crippen MR) is 25.3 cm³/mol. The molecule has 0 saturated heterocycles. The van der Waals surface area contributed by atoms with Gasteiger partial charge in [0.2, 0.25) is 0 Å². The molecule has 60 valence electrons. The van der Waals surface area contributed by atoms with Gasteiger partial charge in [0.15, 0.2) is 0 Å². The van der Waals surface area contributed by atoms with Crippen LogP contribution in [0.2, 0.25) is 0 Å². The topological polar surface area (TPSA) is 118 Å². The Labute approximate surface area is 99.9 Å². The van der Waals surface area contributed by atoms with Crippen molar-refractivity contribution in [2.75, 3.05) is 0 Å². The van der Waals surface area contributed by atoms with Gasteiger partial charge in [0.25, 0.3) is 0 Å². The van der Waals surface area contributed by atoms with Crippen LogP contribution in [-0.2, 0) is 43.9 Å². The summed E-state index contributed by atoms with van der Waals surface area (Å²) >= 11 is 0. The first-order valence-electron chi connectivity index (χ1n) is 1.37. The van der Waals surface area contributed by atoms with Crippen LogP contribution in [0.25, 0.3) is 0 Å². The van der Waals surface area contributed by atoms with Gasteiger partial charge in [-0.2, -0.15) is 16.8 Å². The first kappa shape index (κ1) is 18.2. The molecule has 0 aromatic rings. The van der Waals surface area contributed by atoms with Crippen molar-refractivity contribution in [3.8, 4) is 0 Å². The number of hydrogen-bond acceptors (Lipinski definition) is 5. The molecule has 0 aliphatic heterocycles. The van der Waals surface area contributed by atoms with E-state index < -0.39 is 20.8 Å². The largest absolute Gasteiger partial charge is 1.00 e. The van der Waals surface area contributed by atoms with Gasteiger partial charge in [-0.15, -0.1) is 3.63 Å². The minimum Gasteiger partial charge on any atom is -1.00 e. The minimum absolute atomic E-state index is 0. The van der Waals surface area contributed by atoms with E-state index in [0.29, 0.717) is 0 Å². The van der Waals surface area contributed by atoms with Gasteiger partial charge in [-0.1, -0.05) is 0 Å². The second kappa shape index (κ2) is 5.95. The molecule has 0 saturated carbocycles. The Morgan fingerprint density at radius 2 is 1.18 bits per heavy atom. The molecule has 11 heteroatoms. The summed E-state index contributed by atoms with van der Waals surface area (Å²) in [5, 5.41) is 0. The van der Waals surface area contributed by atoms with Gasteiger partial charge in [0.05, 0.1) is 0 Å². The predicted octanol–water partition coefficient (Wildman–Crippen LogP) is -4.28. The fraction of sp³-hybridized carbons (Fsp3) is 0. The van der Waals surface area contributed by atoms with Crippen molar-refractivity contribution in [2.45, 2.75) is 0 Å². The number of rotatable bonds is 2. The monoisotopic (exact) mass is 266 g/mol. The van der Waals surface area contributed by atoms with Crippen molar-refractivity contribution < 1.29 is 80.0 Å². The van der Waals surface area contributed by atoms with E-state index in [4.69, 9.17) is 9.11 Å². The summed E-state index contributed by atoms with van der Waals surface area (Å²) in [6.45, 7) is 0. The molecule has 0 spiro atoms. The third-order valence-corrected chi connectivity index (χ3v) is 1.55. The third kappa shape index (κ3) is 18.4. The van der Waals surface area contributed by atoms with Crippen LogP contribution in [0.5, 0.6) is 0 Å². The van der Waals surface area contributed by atoms with Gasteiger partial charge in [-0.05, 0) is 0 Å². The molecule has 0 rings (SSSR count). The van der Waals surface area contributed by atoms with Crippen LogP contribution >= 0.6 is 0 Å². The fourth-order valence-corrected chi connectivity index (χ4v) is 0.978. The molecule has 11 heavy (non-hydrogen) atoms. The molecule has 7 nitrogen and oxygen atoms in total. The van der Waals surface area contributed by atoms with Crippen LogP contribution in [0.1, 0.15) is 1.43 Å².